The van der Waals surface area contributed by atoms with E-state index in [2.05, 4.69) is 81.5 Å². The highest BCUT2D eigenvalue weighted by molar-refractivity contribution is 5.99. The van der Waals surface area contributed by atoms with Gasteiger partial charge in [0, 0.05) is 69.3 Å². The molecule has 3 heterocycles. The van der Waals surface area contributed by atoms with Crippen LogP contribution in [0.2, 0.25) is 0 Å². The number of fused-ring (bicyclic) bond motifs is 1. The van der Waals surface area contributed by atoms with E-state index in [1.807, 2.05) is 13.2 Å². The second-order valence-corrected chi connectivity index (χ2v) is 14.6. The topological polar surface area (TPSA) is 122 Å². The van der Waals surface area contributed by atoms with Crippen molar-refractivity contribution in [1.82, 2.24) is 29.9 Å². The Balaban J connectivity index is 0.968. The van der Waals surface area contributed by atoms with Crippen molar-refractivity contribution in [3.05, 3.63) is 89.4 Å². The number of hydrogen-bond donors (Lipinski definition) is 3. The van der Waals surface area contributed by atoms with E-state index in [9.17, 15) is 9.90 Å². The molecular weight excluding hydrogens is 614 g/mol. The number of benzene rings is 2. The minimum absolute atomic E-state index is 0.0659. The zero-order chi connectivity index (χ0) is 34.1. The number of hydrogen-bond acceptors (Lipinski definition) is 8. The number of carbonyl (C=O) groups excluding carboxylic acids is 1. The number of aliphatic hydroxyl groups is 1. The van der Waals surface area contributed by atoms with Crippen molar-refractivity contribution in [1.29, 1.82) is 0 Å². The standard InChI is InChI=1S/C39H49N7O3/c1-39(2)21-35(46-15-13-45(14-16-46)17-18-47)31-12-11-28(20-33(31)39)27-9-7-26(8-10-27)25-49-36-6-4-5-34(36)43-38(48)32-19-29(22-41-37(32)40)30-23-42-44(3)24-30/h7-12,19-20,22-24,34-36,47H,4-6,13-18,21,25H2,1-3H3,(H2,40,41)(H,43,48)/t34-,35+,36-/m0/s1. The summed E-state index contributed by atoms with van der Waals surface area (Å²) in [6.45, 7) is 10.4. The Kier molecular flexibility index (Phi) is 9.57. The minimum Gasteiger partial charge on any atom is -0.395 e. The summed E-state index contributed by atoms with van der Waals surface area (Å²) in [6.07, 6.45) is 9.12. The number of ether oxygens (including phenoxy) is 1. The van der Waals surface area contributed by atoms with Gasteiger partial charge in [-0.3, -0.25) is 19.3 Å². The van der Waals surface area contributed by atoms with E-state index in [0.29, 0.717) is 18.2 Å². The third kappa shape index (κ3) is 7.14. The van der Waals surface area contributed by atoms with E-state index >= 15 is 0 Å². The molecule has 4 N–H and O–H groups in total. The third-order valence-electron chi connectivity index (χ3n) is 10.8. The quantitative estimate of drug-likeness (QED) is 0.219. The molecule has 49 heavy (non-hydrogen) atoms. The number of nitrogens with zero attached hydrogens (tertiary/aromatic N) is 5. The first-order valence-electron chi connectivity index (χ1n) is 17.7. The highest BCUT2D eigenvalue weighted by Gasteiger charge is 2.40. The van der Waals surface area contributed by atoms with Crippen LogP contribution in [0.1, 0.15) is 72.6 Å². The summed E-state index contributed by atoms with van der Waals surface area (Å²) >= 11 is 0. The van der Waals surface area contributed by atoms with Crippen LogP contribution >= 0.6 is 0 Å². The molecule has 10 heteroatoms. The number of β-amino-alcohol motifs (C(OH)–C–C–N with tert-alkyl or cyclic N) is 1. The van der Waals surface area contributed by atoms with Crippen LogP contribution in [0.25, 0.3) is 22.3 Å². The average molecular weight is 664 g/mol. The summed E-state index contributed by atoms with van der Waals surface area (Å²) < 4.78 is 8.11. The molecule has 2 aromatic heterocycles. The number of aromatic nitrogens is 3. The molecule has 3 atom stereocenters. The van der Waals surface area contributed by atoms with Crippen molar-refractivity contribution in [3.8, 4) is 22.3 Å². The highest BCUT2D eigenvalue weighted by atomic mass is 16.5. The Morgan fingerprint density at radius 2 is 1.78 bits per heavy atom. The molecule has 3 aliphatic rings. The van der Waals surface area contributed by atoms with Gasteiger partial charge < -0.3 is 20.9 Å². The molecule has 1 saturated heterocycles. The van der Waals surface area contributed by atoms with Crippen molar-refractivity contribution >= 4 is 11.7 Å². The number of piperazine rings is 1. The molecule has 1 amide bonds. The smallest absolute Gasteiger partial charge is 0.255 e. The normalized spacial score (nSPS) is 22.3. The Labute approximate surface area is 289 Å². The van der Waals surface area contributed by atoms with Crippen molar-refractivity contribution < 1.29 is 14.6 Å². The number of nitrogens with one attached hydrogen (secondary N) is 1. The number of nitrogens with two attached hydrogens (primary N) is 1. The second kappa shape index (κ2) is 14.0. The van der Waals surface area contributed by atoms with Gasteiger partial charge in [0.2, 0.25) is 0 Å². The average Bonchev–Trinajstić information content (AvgIpc) is 3.81. The molecule has 4 aromatic rings. The fourth-order valence-corrected chi connectivity index (χ4v) is 8.00. The minimum atomic E-state index is -0.231. The number of aliphatic hydroxyl groups excluding tert-OH is 1. The summed E-state index contributed by atoms with van der Waals surface area (Å²) in [6, 6.07) is 17.9. The number of aryl methyl sites for hydroxylation is 1. The van der Waals surface area contributed by atoms with Crippen molar-refractivity contribution in [2.24, 2.45) is 7.05 Å². The van der Waals surface area contributed by atoms with Crippen LogP contribution in [0, 0.1) is 0 Å². The number of rotatable bonds is 10. The van der Waals surface area contributed by atoms with Gasteiger partial charge in [-0.2, -0.15) is 5.10 Å². The fraction of sp³-hybridized carbons (Fsp3) is 0.462. The third-order valence-corrected chi connectivity index (χ3v) is 10.8. The number of pyridine rings is 1. The lowest BCUT2D eigenvalue weighted by molar-refractivity contribution is 0.0272. The van der Waals surface area contributed by atoms with Gasteiger partial charge in [-0.1, -0.05) is 56.3 Å². The number of carbonyl (C=O) groups is 1. The van der Waals surface area contributed by atoms with Gasteiger partial charge >= 0.3 is 0 Å². The van der Waals surface area contributed by atoms with Gasteiger partial charge in [0.1, 0.15) is 5.82 Å². The zero-order valence-electron chi connectivity index (χ0n) is 28.9. The molecule has 2 aromatic carbocycles. The number of amides is 1. The molecule has 0 radical (unpaired) electrons. The van der Waals surface area contributed by atoms with Gasteiger partial charge in [0.25, 0.3) is 5.91 Å². The van der Waals surface area contributed by atoms with Crippen LogP contribution in [0.4, 0.5) is 5.82 Å². The summed E-state index contributed by atoms with van der Waals surface area (Å²) in [5.41, 5.74) is 14.8. The van der Waals surface area contributed by atoms with Gasteiger partial charge in [0.05, 0.1) is 37.1 Å². The van der Waals surface area contributed by atoms with Crippen LogP contribution in [0.3, 0.4) is 0 Å². The van der Waals surface area contributed by atoms with E-state index in [1.54, 1.807) is 23.1 Å². The van der Waals surface area contributed by atoms with Gasteiger partial charge in [0.15, 0.2) is 0 Å². The molecule has 0 unspecified atom stereocenters. The lowest BCUT2D eigenvalue weighted by Crippen LogP contribution is -2.48. The predicted molar refractivity (Wildman–Crippen MR) is 192 cm³/mol. The maximum absolute atomic E-state index is 13.3. The Hall–Kier alpha value is -4.09. The Morgan fingerprint density at radius 3 is 2.51 bits per heavy atom. The van der Waals surface area contributed by atoms with Crippen LogP contribution in [0.15, 0.2) is 67.1 Å². The maximum atomic E-state index is 13.3. The Bertz CT molecular complexity index is 1780. The lowest BCUT2D eigenvalue weighted by atomic mass is 9.85. The second-order valence-electron chi connectivity index (χ2n) is 14.6. The zero-order valence-corrected chi connectivity index (χ0v) is 28.9. The monoisotopic (exact) mass is 663 g/mol. The highest BCUT2D eigenvalue weighted by Crippen LogP contribution is 2.48. The summed E-state index contributed by atoms with van der Waals surface area (Å²) in [5, 5.41) is 16.7. The molecule has 2 aliphatic carbocycles. The van der Waals surface area contributed by atoms with Crippen molar-refractivity contribution in [2.45, 2.75) is 69.7 Å². The van der Waals surface area contributed by atoms with E-state index < -0.39 is 0 Å². The number of anilines is 1. The molecule has 1 aliphatic heterocycles. The van der Waals surface area contributed by atoms with E-state index in [4.69, 9.17) is 10.5 Å². The summed E-state index contributed by atoms with van der Waals surface area (Å²) in [7, 11) is 1.85. The van der Waals surface area contributed by atoms with Gasteiger partial charge in [-0.25, -0.2) is 4.98 Å². The molecule has 258 valence electrons. The van der Waals surface area contributed by atoms with E-state index in [0.717, 1.165) is 75.1 Å². The van der Waals surface area contributed by atoms with E-state index in [-0.39, 0.29) is 35.9 Å². The summed E-state index contributed by atoms with van der Waals surface area (Å²) in [5.74, 6) is -0.0223. The first-order chi connectivity index (χ1) is 23.7. The van der Waals surface area contributed by atoms with Crippen LogP contribution in [-0.2, 0) is 23.8 Å². The molecule has 0 spiro atoms. The molecule has 2 fully saturated rings. The van der Waals surface area contributed by atoms with Crippen molar-refractivity contribution in [3.63, 3.8) is 0 Å². The largest absolute Gasteiger partial charge is 0.395 e. The van der Waals surface area contributed by atoms with Crippen LogP contribution < -0.4 is 11.1 Å². The maximum Gasteiger partial charge on any atom is 0.255 e. The molecular formula is C39H49N7O3. The summed E-state index contributed by atoms with van der Waals surface area (Å²) in [4.78, 5) is 22.6. The number of nitrogen functional groups attached to an aromatic ring is 1. The SMILES string of the molecule is Cn1cc(-c2cnc(N)c(C(=O)N[C@H]3CCC[C@@H]3OCc3ccc(-c4ccc5c(c4)C(C)(C)C[C@H]5N4CCN(CCO)CC4)cc3)c2)cn1. The van der Waals surface area contributed by atoms with Crippen LogP contribution in [-0.4, -0.2) is 87.1 Å². The fourth-order valence-electron chi connectivity index (χ4n) is 8.00. The first-order valence-corrected chi connectivity index (χ1v) is 17.7. The Morgan fingerprint density at radius 1 is 1.00 bits per heavy atom. The van der Waals surface area contributed by atoms with Crippen LogP contribution in [0.5, 0.6) is 0 Å². The molecule has 1 saturated carbocycles. The molecule has 0 bridgehead atoms. The van der Waals surface area contributed by atoms with Gasteiger partial charge in [-0.15, -0.1) is 0 Å². The molecule has 7 rings (SSSR count). The predicted octanol–water partition coefficient (Wildman–Crippen LogP) is 4.93. The molecule has 10 nitrogen and oxygen atoms in total. The lowest BCUT2D eigenvalue weighted by Gasteiger charge is -2.38. The van der Waals surface area contributed by atoms with Gasteiger partial charge in [-0.05, 0) is 65.0 Å². The van der Waals surface area contributed by atoms with E-state index in [1.165, 1.54) is 22.3 Å². The first kappa shape index (κ1) is 33.4. The van der Waals surface area contributed by atoms with Crippen molar-refractivity contribution in [2.75, 3.05) is 45.1 Å².